The minimum atomic E-state index is 0.126. The van der Waals surface area contributed by atoms with E-state index in [0.29, 0.717) is 0 Å². The van der Waals surface area contributed by atoms with E-state index in [1.54, 1.807) is 7.11 Å². The molecule has 0 saturated heterocycles. The lowest BCUT2D eigenvalue weighted by Crippen LogP contribution is -2.29. The molecule has 2 heteroatoms. The Labute approximate surface area is 98.0 Å². The number of nitrogens with one attached hydrogen (secondary N) is 1. The van der Waals surface area contributed by atoms with Gasteiger partial charge in [-0.2, -0.15) is 0 Å². The van der Waals surface area contributed by atoms with Gasteiger partial charge in [0.25, 0.3) is 0 Å². The van der Waals surface area contributed by atoms with Crippen LogP contribution in [0.1, 0.15) is 31.9 Å². The molecule has 0 heterocycles. The molecule has 1 aromatic rings. The van der Waals surface area contributed by atoms with Crippen LogP contribution in [0.5, 0.6) is 5.75 Å². The van der Waals surface area contributed by atoms with Crippen LogP contribution in [-0.2, 0) is 0 Å². The second-order valence-corrected chi connectivity index (χ2v) is 3.79. The first-order chi connectivity index (χ1) is 7.71. The first-order valence-electron chi connectivity index (χ1n) is 5.57. The average Bonchev–Trinajstić information content (AvgIpc) is 2.35. The van der Waals surface area contributed by atoms with E-state index in [1.807, 2.05) is 18.2 Å². The van der Waals surface area contributed by atoms with Crippen LogP contribution >= 0.6 is 0 Å². The number of ether oxygens (including phenoxy) is 1. The van der Waals surface area contributed by atoms with Crippen molar-refractivity contribution in [2.24, 2.45) is 0 Å². The summed E-state index contributed by atoms with van der Waals surface area (Å²) in [5.74, 6) is 3.61. The molecule has 0 aliphatic heterocycles. The molecule has 0 amide bonds. The van der Waals surface area contributed by atoms with Crippen LogP contribution in [0.3, 0.4) is 0 Å². The molecule has 2 nitrogen and oxygen atoms in total. The standard InChI is InChI=1S/C14H19NO/c1-5-13(6-2)15-11(3)12-8-7-9-14(10-12)16-4/h1,7-11,13,15H,6H2,2-4H3/t11-,13?/m1/s1. The normalized spacial score (nSPS) is 13.9. The smallest absolute Gasteiger partial charge is 0.119 e. The van der Waals surface area contributed by atoms with Gasteiger partial charge in [-0.15, -0.1) is 6.42 Å². The highest BCUT2D eigenvalue weighted by Gasteiger charge is 2.09. The number of hydrogen-bond donors (Lipinski definition) is 1. The summed E-state index contributed by atoms with van der Waals surface area (Å²) >= 11 is 0. The number of benzene rings is 1. The lowest BCUT2D eigenvalue weighted by molar-refractivity contribution is 0.413. The van der Waals surface area contributed by atoms with Crippen molar-refractivity contribution < 1.29 is 4.74 Å². The predicted octanol–water partition coefficient (Wildman–Crippen LogP) is 2.76. The first-order valence-corrected chi connectivity index (χ1v) is 5.57. The lowest BCUT2D eigenvalue weighted by Gasteiger charge is -2.18. The molecule has 0 bridgehead atoms. The number of terminal acetylenes is 1. The van der Waals surface area contributed by atoms with E-state index in [2.05, 4.69) is 31.2 Å². The van der Waals surface area contributed by atoms with Gasteiger partial charge in [-0.1, -0.05) is 25.0 Å². The maximum Gasteiger partial charge on any atom is 0.119 e. The zero-order chi connectivity index (χ0) is 12.0. The molecule has 1 unspecified atom stereocenters. The SMILES string of the molecule is C#CC(CC)N[C@H](C)c1cccc(OC)c1. The van der Waals surface area contributed by atoms with Gasteiger partial charge >= 0.3 is 0 Å². The van der Waals surface area contributed by atoms with E-state index in [0.717, 1.165) is 12.2 Å². The van der Waals surface area contributed by atoms with Crippen LogP contribution in [0.15, 0.2) is 24.3 Å². The molecule has 1 aromatic carbocycles. The lowest BCUT2D eigenvalue weighted by atomic mass is 10.1. The van der Waals surface area contributed by atoms with E-state index >= 15 is 0 Å². The topological polar surface area (TPSA) is 21.3 Å². The van der Waals surface area contributed by atoms with Crippen molar-refractivity contribution >= 4 is 0 Å². The Morgan fingerprint density at radius 2 is 2.25 bits per heavy atom. The summed E-state index contributed by atoms with van der Waals surface area (Å²) in [4.78, 5) is 0. The fraction of sp³-hybridized carbons (Fsp3) is 0.429. The van der Waals surface area contributed by atoms with Crippen molar-refractivity contribution in [3.05, 3.63) is 29.8 Å². The molecule has 0 aliphatic rings. The zero-order valence-electron chi connectivity index (χ0n) is 10.2. The molecule has 0 fully saturated rings. The predicted molar refractivity (Wildman–Crippen MR) is 67.5 cm³/mol. The van der Waals surface area contributed by atoms with Crippen LogP contribution in [0.4, 0.5) is 0 Å². The highest BCUT2D eigenvalue weighted by Crippen LogP contribution is 2.19. The van der Waals surface area contributed by atoms with Crippen molar-refractivity contribution in [2.45, 2.75) is 32.4 Å². The van der Waals surface area contributed by atoms with Crippen LogP contribution in [0.25, 0.3) is 0 Å². The maximum atomic E-state index is 5.43. The summed E-state index contributed by atoms with van der Waals surface area (Å²) in [6.45, 7) is 4.19. The Hall–Kier alpha value is -1.46. The van der Waals surface area contributed by atoms with Crippen molar-refractivity contribution in [1.29, 1.82) is 0 Å². The molecule has 16 heavy (non-hydrogen) atoms. The minimum absolute atomic E-state index is 0.126. The monoisotopic (exact) mass is 217 g/mol. The Morgan fingerprint density at radius 3 is 2.81 bits per heavy atom. The fourth-order valence-corrected chi connectivity index (χ4v) is 1.59. The zero-order valence-corrected chi connectivity index (χ0v) is 10.2. The van der Waals surface area contributed by atoms with E-state index in [1.165, 1.54) is 5.56 Å². The fourth-order valence-electron chi connectivity index (χ4n) is 1.59. The molecule has 0 aliphatic carbocycles. The van der Waals surface area contributed by atoms with Crippen LogP contribution in [0, 0.1) is 12.3 Å². The van der Waals surface area contributed by atoms with Crippen LogP contribution < -0.4 is 10.1 Å². The molecular weight excluding hydrogens is 198 g/mol. The number of hydrogen-bond acceptors (Lipinski definition) is 2. The summed E-state index contributed by atoms with van der Waals surface area (Å²) in [5.41, 5.74) is 1.19. The van der Waals surface area contributed by atoms with Gasteiger partial charge < -0.3 is 4.74 Å². The molecule has 2 atom stereocenters. The van der Waals surface area contributed by atoms with Gasteiger partial charge in [-0.05, 0) is 31.0 Å². The van der Waals surface area contributed by atoms with E-state index in [9.17, 15) is 0 Å². The number of methoxy groups -OCH3 is 1. The molecule has 0 aromatic heterocycles. The Kier molecular flexibility index (Phi) is 4.88. The second-order valence-electron chi connectivity index (χ2n) is 3.79. The average molecular weight is 217 g/mol. The maximum absolute atomic E-state index is 5.43. The Balaban J connectivity index is 2.72. The van der Waals surface area contributed by atoms with E-state index < -0.39 is 0 Å². The summed E-state index contributed by atoms with van der Waals surface area (Å²) in [6, 6.07) is 8.39. The molecule has 0 spiro atoms. The van der Waals surface area contributed by atoms with Crippen LogP contribution in [0.2, 0.25) is 0 Å². The van der Waals surface area contributed by atoms with Crippen molar-refractivity contribution in [1.82, 2.24) is 5.32 Å². The summed E-state index contributed by atoms with van der Waals surface area (Å²) in [6.07, 6.45) is 6.36. The minimum Gasteiger partial charge on any atom is -0.497 e. The molecule has 0 radical (unpaired) electrons. The molecule has 0 saturated carbocycles. The Morgan fingerprint density at radius 1 is 1.50 bits per heavy atom. The molecular formula is C14H19NO. The molecule has 1 N–H and O–H groups in total. The van der Waals surface area contributed by atoms with Gasteiger partial charge in [0.05, 0.1) is 13.2 Å². The largest absolute Gasteiger partial charge is 0.497 e. The first kappa shape index (κ1) is 12.6. The summed E-state index contributed by atoms with van der Waals surface area (Å²) in [7, 11) is 1.67. The van der Waals surface area contributed by atoms with Gasteiger partial charge in [0.1, 0.15) is 5.75 Å². The van der Waals surface area contributed by atoms with Crippen LogP contribution in [-0.4, -0.2) is 13.2 Å². The number of rotatable bonds is 5. The van der Waals surface area contributed by atoms with Gasteiger partial charge in [-0.25, -0.2) is 0 Å². The highest BCUT2D eigenvalue weighted by molar-refractivity contribution is 5.30. The van der Waals surface area contributed by atoms with Gasteiger partial charge in [0, 0.05) is 6.04 Å². The third-order valence-corrected chi connectivity index (χ3v) is 2.65. The van der Waals surface area contributed by atoms with Gasteiger partial charge in [0.15, 0.2) is 0 Å². The quantitative estimate of drug-likeness (QED) is 0.766. The van der Waals surface area contributed by atoms with E-state index in [-0.39, 0.29) is 12.1 Å². The van der Waals surface area contributed by atoms with Gasteiger partial charge in [-0.3, -0.25) is 5.32 Å². The van der Waals surface area contributed by atoms with Crippen molar-refractivity contribution in [3.63, 3.8) is 0 Å². The van der Waals surface area contributed by atoms with Gasteiger partial charge in [0.2, 0.25) is 0 Å². The second kappa shape index (κ2) is 6.19. The third-order valence-electron chi connectivity index (χ3n) is 2.65. The molecule has 1 rings (SSSR count). The van der Waals surface area contributed by atoms with E-state index in [4.69, 9.17) is 11.2 Å². The summed E-state index contributed by atoms with van der Waals surface area (Å²) in [5, 5.41) is 3.39. The third kappa shape index (κ3) is 3.29. The van der Waals surface area contributed by atoms with Crippen molar-refractivity contribution in [3.8, 4) is 18.1 Å². The highest BCUT2D eigenvalue weighted by atomic mass is 16.5. The Bertz CT molecular complexity index is 367. The molecule has 86 valence electrons. The summed E-state index contributed by atoms with van der Waals surface area (Å²) < 4.78 is 5.19. The van der Waals surface area contributed by atoms with Crippen molar-refractivity contribution in [2.75, 3.05) is 7.11 Å².